The van der Waals surface area contributed by atoms with Gasteiger partial charge in [0.1, 0.15) is 5.70 Å². The van der Waals surface area contributed by atoms with Gasteiger partial charge in [-0.15, -0.1) is 11.8 Å². The van der Waals surface area contributed by atoms with Crippen molar-refractivity contribution in [2.75, 3.05) is 10.6 Å². The van der Waals surface area contributed by atoms with Crippen LogP contribution in [-0.4, -0.2) is 23.0 Å². The second-order valence-corrected chi connectivity index (χ2v) is 10.8. The lowest BCUT2D eigenvalue weighted by atomic mass is 10.1. The van der Waals surface area contributed by atoms with Gasteiger partial charge < -0.3 is 16.0 Å². The number of thioether (sulfide) groups is 1. The van der Waals surface area contributed by atoms with Crippen molar-refractivity contribution in [1.82, 2.24) is 5.32 Å². The Hall–Kier alpha value is -4.62. The largest absolute Gasteiger partial charge is 0.325 e. The molecule has 0 aromatic heterocycles. The van der Waals surface area contributed by atoms with Gasteiger partial charge in [-0.05, 0) is 74.4 Å². The van der Waals surface area contributed by atoms with Crippen molar-refractivity contribution in [1.29, 1.82) is 0 Å². The first-order valence-corrected chi connectivity index (χ1v) is 13.8. The van der Waals surface area contributed by atoms with E-state index in [4.69, 9.17) is 0 Å². The van der Waals surface area contributed by atoms with Crippen LogP contribution in [0.3, 0.4) is 0 Å². The SMILES string of the molecule is Cc1cccc(/C=C(/NC(=O)c2ccccc2)C(=O)Nc2cccc(SC(C)C(=O)Nc3ccccc3C)c2)c1. The third-order valence-corrected chi connectivity index (χ3v) is 7.15. The number of nitrogens with one attached hydrogen (secondary N) is 3. The van der Waals surface area contributed by atoms with E-state index in [1.54, 1.807) is 36.4 Å². The highest BCUT2D eigenvalue weighted by Gasteiger charge is 2.18. The van der Waals surface area contributed by atoms with Gasteiger partial charge in [0.05, 0.1) is 5.25 Å². The average Bonchev–Trinajstić information content (AvgIpc) is 2.94. The molecule has 4 rings (SSSR count). The van der Waals surface area contributed by atoms with Crippen LogP contribution in [0.15, 0.2) is 114 Å². The number of hydrogen-bond donors (Lipinski definition) is 3. The number of amides is 3. The highest BCUT2D eigenvalue weighted by molar-refractivity contribution is 8.00. The van der Waals surface area contributed by atoms with Gasteiger partial charge in [0.15, 0.2) is 0 Å². The van der Waals surface area contributed by atoms with Crippen molar-refractivity contribution in [2.45, 2.75) is 30.9 Å². The summed E-state index contributed by atoms with van der Waals surface area (Å²) in [6.45, 7) is 5.75. The van der Waals surface area contributed by atoms with Gasteiger partial charge in [0, 0.05) is 21.8 Å². The van der Waals surface area contributed by atoms with Crippen LogP contribution in [0.5, 0.6) is 0 Å². The molecule has 1 unspecified atom stereocenters. The number of carbonyl (C=O) groups excluding carboxylic acids is 3. The molecule has 0 heterocycles. The van der Waals surface area contributed by atoms with Crippen LogP contribution >= 0.6 is 11.8 Å². The minimum atomic E-state index is -0.460. The van der Waals surface area contributed by atoms with Gasteiger partial charge >= 0.3 is 0 Å². The maximum atomic E-state index is 13.4. The molecule has 0 fully saturated rings. The molecular weight excluding hydrogens is 518 g/mol. The van der Waals surface area contributed by atoms with Gasteiger partial charge in [0.25, 0.3) is 11.8 Å². The highest BCUT2D eigenvalue weighted by atomic mass is 32.2. The van der Waals surface area contributed by atoms with E-state index in [1.807, 2.05) is 93.6 Å². The van der Waals surface area contributed by atoms with Gasteiger partial charge in [-0.25, -0.2) is 0 Å². The molecule has 6 nitrogen and oxygen atoms in total. The van der Waals surface area contributed by atoms with E-state index in [0.29, 0.717) is 11.3 Å². The zero-order chi connectivity index (χ0) is 28.5. The molecule has 0 bridgehead atoms. The molecule has 1 atom stereocenters. The Kier molecular flexibility index (Phi) is 9.54. The van der Waals surface area contributed by atoms with Crippen LogP contribution in [0.1, 0.15) is 34.0 Å². The lowest BCUT2D eigenvalue weighted by molar-refractivity contribution is -0.115. The standard InChI is InChI=1S/C33H31N3O3S/c1-22-11-9-13-25(19-22)20-30(36-32(38)26-14-5-4-6-15-26)33(39)34-27-16-10-17-28(21-27)40-24(3)31(37)35-29-18-8-7-12-23(29)2/h4-21,24H,1-3H3,(H,34,39)(H,35,37)(H,36,38)/b30-20+. The first-order chi connectivity index (χ1) is 19.3. The predicted octanol–water partition coefficient (Wildman–Crippen LogP) is 6.83. The highest BCUT2D eigenvalue weighted by Crippen LogP contribution is 2.27. The molecule has 0 aliphatic carbocycles. The zero-order valence-corrected chi connectivity index (χ0v) is 23.4. The normalized spacial score (nSPS) is 11.8. The Morgan fingerprint density at radius 1 is 0.775 bits per heavy atom. The van der Waals surface area contributed by atoms with Gasteiger partial charge in [-0.2, -0.15) is 0 Å². The number of hydrogen-bond acceptors (Lipinski definition) is 4. The van der Waals surface area contributed by atoms with E-state index in [0.717, 1.165) is 27.3 Å². The van der Waals surface area contributed by atoms with Crippen LogP contribution in [0, 0.1) is 13.8 Å². The number of rotatable bonds is 9. The Bertz CT molecular complexity index is 1550. The fourth-order valence-electron chi connectivity index (χ4n) is 3.92. The topological polar surface area (TPSA) is 87.3 Å². The van der Waals surface area contributed by atoms with Crippen LogP contribution in [0.4, 0.5) is 11.4 Å². The Morgan fingerprint density at radius 2 is 1.50 bits per heavy atom. The summed E-state index contributed by atoms with van der Waals surface area (Å²) in [6.07, 6.45) is 1.65. The van der Waals surface area contributed by atoms with E-state index >= 15 is 0 Å². The molecule has 3 N–H and O–H groups in total. The first kappa shape index (κ1) is 28.4. The second kappa shape index (κ2) is 13.4. The lowest BCUT2D eigenvalue weighted by Crippen LogP contribution is -2.30. The summed E-state index contributed by atoms with van der Waals surface area (Å²) in [5, 5.41) is 8.26. The maximum Gasteiger partial charge on any atom is 0.272 e. The average molecular weight is 550 g/mol. The first-order valence-electron chi connectivity index (χ1n) is 12.9. The van der Waals surface area contributed by atoms with Crippen molar-refractivity contribution in [2.24, 2.45) is 0 Å². The Balaban J connectivity index is 1.48. The van der Waals surface area contributed by atoms with E-state index in [-0.39, 0.29) is 22.8 Å². The summed E-state index contributed by atoms with van der Waals surface area (Å²) < 4.78 is 0. The van der Waals surface area contributed by atoms with Crippen molar-refractivity contribution in [3.05, 3.63) is 131 Å². The van der Waals surface area contributed by atoms with E-state index in [2.05, 4.69) is 16.0 Å². The Morgan fingerprint density at radius 3 is 2.25 bits per heavy atom. The van der Waals surface area contributed by atoms with Crippen LogP contribution in [0.2, 0.25) is 0 Å². The van der Waals surface area contributed by atoms with Crippen molar-refractivity contribution in [3.63, 3.8) is 0 Å². The molecule has 202 valence electrons. The minimum Gasteiger partial charge on any atom is -0.325 e. The molecule has 0 saturated carbocycles. The number of aryl methyl sites for hydroxylation is 2. The number of carbonyl (C=O) groups is 3. The maximum absolute atomic E-state index is 13.4. The van der Waals surface area contributed by atoms with Gasteiger partial charge in [-0.3, -0.25) is 14.4 Å². The molecule has 4 aromatic rings. The molecule has 0 saturated heterocycles. The summed E-state index contributed by atoms with van der Waals surface area (Å²) >= 11 is 1.39. The summed E-state index contributed by atoms with van der Waals surface area (Å²) in [5.74, 6) is -0.952. The van der Waals surface area contributed by atoms with Crippen LogP contribution in [0.25, 0.3) is 6.08 Å². The van der Waals surface area contributed by atoms with Crippen molar-refractivity contribution < 1.29 is 14.4 Å². The van der Waals surface area contributed by atoms with Crippen molar-refractivity contribution in [3.8, 4) is 0 Å². The third-order valence-electron chi connectivity index (χ3n) is 6.06. The minimum absolute atomic E-state index is 0.110. The smallest absolute Gasteiger partial charge is 0.272 e. The summed E-state index contributed by atoms with van der Waals surface area (Å²) in [6, 6.07) is 31.3. The number of benzene rings is 4. The summed E-state index contributed by atoms with van der Waals surface area (Å²) in [5.41, 5.74) is 4.71. The van der Waals surface area contributed by atoms with Crippen LogP contribution < -0.4 is 16.0 Å². The quantitative estimate of drug-likeness (QED) is 0.158. The molecule has 3 amide bonds. The fraction of sp³-hybridized carbons (Fsp3) is 0.121. The molecule has 40 heavy (non-hydrogen) atoms. The predicted molar refractivity (Wildman–Crippen MR) is 163 cm³/mol. The van der Waals surface area contributed by atoms with E-state index in [9.17, 15) is 14.4 Å². The van der Waals surface area contributed by atoms with E-state index in [1.165, 1.54) is 11.8 Å². The Labute approximate surface area is 238 Å². The second-order valence-electron chi connectivity index (χ2n) is 9.34. The third kappa shape index (κ3) is 7.94. The van der Waals surface area contributed by atoms with Crippen molar-refractivity contribution >= 4 is 46.9 Å². The molecular formula is C33H31N3O3S. The summed E-state index contributed by atoms with van der Waals surface area (Å²) in [4.78, 5) is 39.9. The lowest BCUT2D eigenvalue weighted by Gasteiger charge is -2.15. The molecule has 0 aliphatic rings. The van der Waals surface area contributed by atoms with Gasteiger partial charge in [0.2, 0.25) is 5.91 Å². The number of para-hydroxylation sites is 1. The summed E-state index contributed by atoms with van der Waals surface area (Å²) in [7, 11) is 0. The monoisotopic (exact) mass is 549 g/mol. The zero-order valence-electron chi connectivity index (χ0n) is 22.6. The molecule has 4 aromatic carbocycles. The molecule has 0 spiro atoms. The fourth-order valence-corrected chi connectivity index (χ4v) is 4.85. The molecule has 7 heteroatoms. The molecule has 0 aliphatic heterocycles. The molecule has 0 radical (unpaired) electrons. The number of anilines is 2. The van der Waals surface area contributed by atoms with Crippen LogP contribution in [-0.2, 0) is 9.59 Å². The van der Waals surface area contributed by atoms with Gasteiger partial charge in [-0.1, -0.05) is 72.3 Å². The van der Waals surface area contributed by atoms with E-state index < -0.39 is 5.91 Å².